The van der Waals surface area contributed by atoms with Crippen molar-refractivity contribution in [3.05, 3.63) is 29.3 Å². The van der Waals surface area contributed by atoms with Crippen LogP contribution in [0.5, 0.6) is 0 Å². The third kappa shape index (κ3) is 6.09. The first-order chi connectivity index (χ1) is 9.81. The van der Waals surface area contributed by atoms with Crippen molar-refractivity contribution in [3.63, 3.8) is 0 Å². The van der Waals surface area contributed by atoms with E-state index >= 15 is 0 Å². The quantitative estimate of drug-likeness (QED) is 0.752. The molecule has 0 aliphatic rings. The van der Waals surface area contributed by atoms with Crippen LogP contribution in [-0.2, 0) is 6.54 Å². The molecule has 0 fully saturated rings. The molecule has 0 aromatic heterocycles. The van der Waals surface area contributed by atoms with E-state index in [1.165, 1.54) is 23.2 Å². The predicted molar refractivity (Wildman–Crippen MR) is 95.0 cm³/mol. The summed E-state index contributed by atoms with van der Waals surface area (Å²) >= 11 is 0. The monoisotopic (exact) mass is 290 g/mol. The largest absolute Gasteiger partial charge is 0.372 e. The van der Waals surface area contributed by atoms with E-state index in [9.17, 15) is 0 Å². The van der Waals surface area contributed by atoms with Crippen molar-refractivity contribution in [2.45, 2.75) is 60.5 Å². The molecular formula is C19H34N2. The lowest BCUT2D eigenvalue weighted by atomic mass is 10.0. The van der Waals surface area contributed by atoms with E-state index in [0.717, 1.165) is 19.0 Å². The van der Waals surface area contributed by atoms with Gasteiger partial charge in [-0.25, -0.2) is 0 Å². The number of rotatable bonds is 8. The van der Waals surface area contributed by atoms with Gasteiger partial charge in [0.15, 0.2) is 0 Å². The van der Waals surface area contributed by atoms with Crippen LogP contribution in [0.3, 0.4) is 0 Å². The van der Waals surface area contributed by atoms with Gasteiger partial charge < -0.3 is 10.2 Å². The van der Waals surface area contributed by atoms with Crippen LogP contribution in [0.25, 0.3) is 0 Å². The minimum atomic E-state index is 0.577. The van der Waals surface area contributed by atoms with E-state index in [0.29, 0.717) is 12.0 Å². The van der Waals surface area contributed by atoms with Gasteiger partial charge in [-0.1, -0.05) is 39.8 Å². The average molecular weight is 290 g/mol. The lowest BCUT2D eigenvalue weighted by molar-refractivity contribution is 0.503. The number of benzene rings is 1. The van der Waals surface area contributed by atoms with Crippen LogP contribution in [0.4, 0.5) is 5.69 Å². The number of nitrogens with zero attached hydrogens (tertiary/aromatic N) is 1. The summed E-state index contributed by atoms with van der Waals surface area (Å²) in [6, 6.07) is 7.43. The van der Waals surface area contributed by atoms with Gasteiger partial charge in [0.1, 0.15) is 0 Å². The average Bonchev–Trinajstić information content (AvgIpc) is 2.37. The first-order valence-electron chi connectivity index (χ1n) is 8.34. The fraction of sp³-hybridized carbons (Fsp3) is 0.684. The van der Waals surface area contributed by atoms with Crippen LogP contribution >= 0.6 is 0 Å². The van der Waals surface area contributed by atoms with Crippen molar-refractivity contribution in [2.24, 2.45) is 11.8 Å². The second-order valence-electron chi connectivity index (χ2n) is 7.24. The molecule has 120 valence electrons. The lowest BCUT2D eigenvalue weighted by Crippen LogP contribution is -2.30. The van der Waals surface area contributed by atoms with Gasteiger partial charge in [-0.2, -0.15) is 0 Å². The second kappa shape index (κ2) is 8.43. The summed E-state index contributed by atoms with van der Waals surface area (Å²) in [5.41, 5.74) is 4.11. The summed E-state index contributed by atoms with van der Waals surface area (Å²) in [6.45, 7) is 15.6. The highest BCUT2D eigenvalue weighted by Gasteiger charge is 2.13. The third-order valence-electron chi connectivity index (χ3n) is 4.00. The summed E-state index contributed by atoms with van der Waals surface area (Å²) in [4.78, 5) is 2.42. The van der Waals surface area contributed by atoms with Gasteiger partial charge in [0.05, 0.1) is 0 Å². The van der Waals surface area contributed by atoms with E-state index in [2.05, 4.69) is 77.0 Å². The van der Waals surface area contributed by atoms with E-state index < -0.39 is 0 Å². The van der Waals surface area contributed by atoms with Crippen LogP contribution in [0.2, 0.25) is 0 Å². The Labute approximate surface area is 131 Å². The zero-order valence-electron chi connectivity index (χ0n) is 15.0. The topological polar surface area (TPSA) is 15.3 Å². The Morgan fingerprint density at radius 2 is 1.71 bits per heavy atom. The molecule has 1 N–H and O–H groups in total. The van der Waals surface area contributed by atoms with Gasteiger partial charge in [0.2, 0.25) is 0 Å². The number of anilines is 1. The summed E-state index contributed by atoms with van der Waals surface area (Å²) in [5.74, 6) is 1.44. The molecule has 0 saturated carbocycles. The number of aryl methyl sites for hydroxylation is 1. The smallest absolute Gasteiger partial charge is 0.0395 e. The molecule has 2 heteroatoms. The van der Waals surface area contributed by atoms with Gasteiger partial charge in [0, 0.05) is 25.3 Å². The zero-order valence-corrected chi connectivity index (χ0v) is 15.0. The molecule has 2 nitrogen and oxygen atoms in total. The van der Waals surface area contributed by atoms with E-state index in [4.69, 9.17) is 0 Å². The van der Waals surface area contributed by atoms with E-state index in [1.54, 1.807) is 0 Å². The van der Waals surface area contributed by atoms with Gasteiger partial charge in [-0.15, -0.1) is 0 Å². The highest BCUT2D eigenvalue weighted by molar-refractivity contribution is 5.54. The fourth-order valence-corrected chi connectivity index (χ4v) is 2.81. The summed E-state index contributed by atoms with van der Waals surface area (Å²) < 4.78 is 0. The molecule has 1 aromatic rings. The number of hydrogen-bond donors (Lipinski definition) is 1. The van der Waals surface area contributed by atoms with Crippen molar-refractivity contribution >= 4 is 5.69 Å². The van der Waals surface area contributed by atoms with Crippen molar-refractivity contribution < 1.29 is 0 Å². The second-order valence-corrected chi connectivity index (χ2v) is 7.24. The fourth-order valence-electron chi connectivity index (χ4n) is 2.81. The Morgan fingerprint density at radius 1 is 1.05 bits per heavy atom. The summed E-state index contributed by atoms with van der Waals surface area (Å²) in [7, 11) is 2.21. The highest BCUT2D eigenvalue weighted by Crippen LogP contribution is 2.24. The number of hydrogen-bond acceptors (Lipinski definition) is 2. The molecule has 1 rings (SSSR count). The van der Waals surface area contributed by atoms with Gasteiger partial charge in [-0.3, -0.25) is 0 Å². The lowest BCUT2D eigenvalue weighted by Gasteiger charge is -2.30. The minimum absolute atomic E-state index is 0.577. The van der Waals surface area contributed by atoms with Crippen LogP contribution in [-0.4, -0.2) is 19.6 Å². The standard InChI is InChI=1S/C19H34N2/c1-14(2)10-17(6)21(7)19-9-8-18(11-16(19)5)13-20-12-15(3)4/h8-9,11,14-15,17,20H,10,12-13H2,1-7H3. The molecule has 0 aliphatic carbocycles. The highest BCUT2D eigenvalue weighted by atomic mass is 15.1. The maximum atomic E-state index is 3.51. The SMILES string of the molecule is Cc1cc(CNCC(C)C)ccc1N(C)C(C)CC(C)C. The van der Waals surface area contributed by atoms with Crippen LogP contribution < -0.4 is 10.2 Å². The molecule has 0 heterocycles. The molecule has 0 radical (unpaired) electrons. The molecule has 0 spiro atoms. The predicted octanol–water partition coefficient (Wildman–Crippen LogP) is 4.61. The summed E-state index contributed by atoms with van der Waals surface area (Å²) in [6.07, 6.45) is 1.23. The maximum absolute atomic E-state index is 3.51. The van der Waals surface area contributed by atoms with Crippen LogP contribution in [0.1, 0.15) is 52.2 Å². The van der Waals surface area contributed by atoms with Crippen molar-refractivity contribution in [1.82, 2.24) is 5.32 Å². The molecule has 1 unspecified atom stereocenters. The van der Waals surface area contributed by atoms with Crippen LogP contribution in [0.15, 0.2) is 18.2 Å². The Kier molecular flexibility index (Phi) is 7.24. The Hall–Kier alpha value is -1.02. The molecular weight excluding hydrogens is 256 g/mol. The van der Waals surface area contributed by atoms with Gasteiger partial charge in [-0.05, 0) is 55.8 Å². The first-order valence-corrected chi connectivity index (χ1v) is 8.34. The molecule has 21 heavy (non-hydrogen) atoms. The Morgan fingerprint density at radius 3 is 2.24 bits per heavy atom. The molecule has 1 aromatic carbocycles. The van der Waals surface area contributed by atoms with Crippen LogP contribution in [0, 0.1) is 18.8 Å². The van der Waals surface area contributed by atoms with Crippen molar-refractivity contribution in [2.75, 3.05) is 18.5 Å². The van der Waals surface area contributed by atoms with Gasteiger partial charge >= 0.3 is 0 Å². The number of nitrogens with one attached hydrogen (secondary N) is 1. The molecule has 0 saturated heterocycles. The normalized spacial score (nSPS) is 13.0. The van der Waals surface area contributed by atoms with E-state index in [-0.39, 0.29) is 0 Å². The molecule has 0 aliphatic heterocycles. The first kappa shape index (κ1) is 18.0. The molecule has 0 amide bonds. The zero-order chi connectivity index (χ0) is 16.0. The summed E-state index contributed by atoms with van der Waals surface area (Å²) in [5, 5.41) is 3.51. The Balaban J connectivity index is 2.68. The van der Waals surface area contributed by atoms with E-state index in [1.807, 2.05) is 0 Å². The van der Waals surface area contributed by atoms with Crippen molar-refractivity contribution in [3.8, 4) is 0 Å². The van der Waals surface area contributed by atoms with Gasteiger partial charge in [0.25, 0.3) is 0 Å². The maximum Gasteiger partial charge on any atom is 0.0395 e. The third-order valence-corrected chi connectivity index (χ3v) is 4.00. The molecule has 0 bridgehead atoms. The van der Waals surface area contributed by atoms with Crippen molar-refractivity contribution in [1.29, 1.82) is 0 Å². The molecule has 1 atom stereocenters. The minimum Gasteiger partial charge on any atom is -0.372 e. The Bertz CT molecular complexity index is 424.